The zero-order valence-electron chi connectivity index (χ0n) is 20.0. The molecule has 0 aliphatic heterocycles. The number of rotatable bonds is 7. The minimum atomic E-state index is -0.442. The van der Waals surface area contributed by atoms with E-state index in [2.05, 4.69) is 5.10 Å². The Morgan fingerprint density at radius 1 is 1.08 bits per heavy atom. The SMILES string of the molecule is O=c1c2ccccc2nc(C2CCCCC2)n1N=Cc1ccc(OCc2ccc([N+](=O)[O-])cc2)c(Cl)c1. The van der Waals surface area contributed by atoms with Gasteiger partial charge in [0.2, 0.25) is 0 Å². The van der Waals surface area contributed by atoms with Crippen molar-refractivity contribution < 1.29 is 9.66 Å². The lowest BCUT2D eigenvalue weighted by atomic mass is 9.88. The molecule has 4 aromatic rings. The number of non-ortho nitro benzene ring substituents is 1. The van der Waals surface area contributed by atoms with E-state index in [1.54, 1.807) is 42.6 Å². The van der Waals surface area contributed by atoms with Crippen LogP contribution in [0.2, 0.25) is 5.02 Å². The maximum Gasteiger partial charge on any atom is 0.282 e. The van der Waals surface area contributed by atoms with Gasteiger partial charge in [-0.25, -0.2) is 4.98 Å². The van der Waals surface area contributed by atoms with E-state index in [0.717, 1.165) is 31.2 Å². The van der Waals surface area contributed by atoms with Gasteiger partial charge in [0, 0.05) is 18.1 Å². The number of aromatic nitrogens is 2. The van der Waals surface area contributed by atoms with Crippen molar-refractivity contribution in [3.63, 3.8) is 0 Å². The lowest BCUT2D eigenvalue weighted by Gasteiger charge is -2.22. The molecule has 1 fully saturated rings. The van der Waals surface area contributed by atoms with Gasteiger partial charge in [-0.15, -0.1) is 0 Å². The summed E-state index contributed by atoms with van der Waals surface area (Å²) >= 11 is 6.45. The minimum absolute atomic E-state index is 0.0257. The first-order valence-electron chi connectivity index (χ1n) is 12.2. The number of hydrogen-bond acceptors (Lipinski definition) is 6. The Morgan fingerprint density at radius 3 is 2.57 bits per heavy atom. The summed E-state index contributed by atoms with van der Waals surface area (Å²) in [5.74, 6) is 1.38. The van der Waals surface area contributed by atoms with Crippen molar-refractivity contribution in [3.8, 4) is 5.75 Å². The molecular weight excluding hydrogens is 492 g/mol. The molecule has 0 N–H and O–H groups in total. The van der Waals surface area contributed by atoms with E-state index in [-0.39, 0.29) is 23.8 Å². The van der Waals surface area contributed by atoms with Crippen LogP contribution in [0.1, 0.15) is 55.0 Å². The molecule has 0 saturated heterocycles. The zero-order valence-corrected chi connectivity index (χ0v) is 20.8. The summed E-state index contributed by atoms with van der Waals surface area (Å²) < 4.78 is 7.23. The fourth-order valence-electron chi connectivity index (χ4n) is 4.59. The van der Waals surface area contributed by atoms with Crippen LogP contribution in [0.4, 0.5) is 5.69 Å². The average Bonchev–Trinajstić information content (AvgIpc) is 2.92. The van der Waals surface area contributed by atoms with Crippen LogP contribution in [0.15, 0.2) is 76.6 Å². The Bertz CT molecular complexity index is 1530. The van der Waals surface area contributed by atoms with Crippen molar-refractivity contribution in [1.82, 2.24) is 9.66 Å². The largest absolute Gasteiger partial charge is 0.487 e. The normalized spacial score (nSPS) is 14.3. The third-order valence-corrected chi connectivity index (χ3v) is 6.86. The number of nitro benzene ring substituents is 1. The molecule has 3 aromatic carbocycles. The molecule has 1 aliphatic carbocycles. The highest BCUT2D eigenvalue weighted by Gasteiger charge is 2.22. The van der Waals surface area contributed by atoms with E-state index in [0.29, 0.717) is 33.1 Å². The number of nitro groups is 1. The molecule has 37 heavy (non-hydrogen) atoms. The highest BCUT2D eigenvalue weighted by Crippen LogP contribution is 2.32. The van der Waals surface area contributed by atoms with E-state index in [9.17, 15) is 14.9 Å². The summed E-state index contributed by atoms with van der Waals surface area (Å²) in [4.78, 5) is 28.5. The topological polar surface area (TPSA) is 99.6 Å². The van der Waals surface area contributed by atoms with Crippen LogP contribution >= 0.6 is 11.6 Å². The first-order chi connectivity index (χ1) is 18.0. The van der Waals surface area contributed by atoms with E-state index in [4.69, 9.17) is 21.3 Å². The molecule has 0 atom stereocenters. The molecule has 1 heterocycles. The van der Waals surface area contributed by atoms with Gasteiger partial charge in [-0.2, -0.15) is 9.78 Å². The van der Waals surface area contributed by atoms with E-state index in [1.165, 1.54) is 23.2 Å². The van der Waals surface area contributed by atoms with Gasteiger partial charge in [-0.1, -0.05) is 43.0 Å². The molecule has 188 valence electrons. The maximum atomic E-state index is 13.3. The first kappa shape index (κ1) is 24.6. The van der Waals surface area contributed by atoms with Crippen LogP contribution in [-0.4, -0.2) is 20.8 Å². The third-order valence-electron chi connectivity index (χ3n) is 6.57. The summed E-state index contributed by atoms with van der Waals surface area (Å²) in [6.07, 6.45) is 7.03. The molecule has 1 aliphatic rings. The summed E-state index contributed by atoms with van der Waals surface area (Å²) in [6, 6.07) is 18.8. The fraction of sp³-hybridized carbons (Fsp3) is 0.250. The van der Waals surface area contributed by atoms with Gasteiger partial charge in [0.25, 0.3) is 11.2 Å². The molecule has 0 radical (unpaired) electrons. The predicted octanol–water partition coefficient (Wildman–Crippen LogP) is 6.47. The summed E-state index contributed by atoms with van der Waals surface area (Å²) in [5.41, 5.74) is 2.03. The van der Waals surface area contributed by atoms with E-state index < -0.39 is 4.92 Å². The van der Waals surface area contributed by atoms with Gasteiger partial charge in [0.05, 0.1) is 27.1 Å². The Morgan fingerprint density at radius 2 is 1.84 bits per heavy atom. The highest BCUT2D eigenvalue weighted by molar-refractivity contribution is 6.32. The van der Waals surface area contributed by atoms with Crippen LogP contribution in [-0.2, 0) is 6.61 Å². The number of hydrogen-bond donors (Lipinski definition) is 0. The molecular formula is C28H25ClN4O4. The smallest absolute Gasteiger partial charge is 0.282 e. The lowest BCUT2D eigenvalue weighted by molar-refractivity contribution is -0.384. The van der Waals surface area contributed by atoms with Crippen molar-refractivity contribution in [3.05, 3.63) is 109 Å². The van der Waals surface area contributed by atoms with E-state index >= 15 is 0 Å². The van der Waals surface area contributed by atoms with Gasteiger partial charge >= 0.3 is 0 Å². The Hall–Kier alpha value is -4.04. The molecule has 0 bridgehead atoms. The summed E-state index contributed by atoms with van der Waals surface area (Å²) in [6.45, 7) is 0.216. The predicted molar refractivity (Wildman–Crippen MR) is 144 cm³/mol. The van der Waals surface area contributed by atoms with Crippen molar-refractivity contribution in [2.45, 2.75) is 44.6 Å². The van der Waals surface area contributed by atoms with Crippen molar-refractivity contribution in [2.75, 3.05) is 0 Å². The van der Waals surface area contributed by atoms with Crippen LogP contribution in [0.3, 0.4) is 0 Å². The molecule has 8 nitrogen and oxygen atoms in total. The number of benzene rings is 3. The summed E-state index contributed by atoms with van der Waals surface area (Å²) in [7, 11) is 0. The monoisotopic (exact) mass is 516 g/mol. The first-order valence-corrected chi connectivity index (χ1v) is 12.6. The minimum Gasteiger partial charge on any atom is -0.487 e. The zero-order chi connectivity index (χ0) is 25.8. The Kier molecular flexibility index (Phi) is 7.28. The number of halogens is 1. The second-order valence-corrected chi connectivity index (χ2v) is 9.49. The summed E-state index contributed by atoms with van der Waals surface area (Å²) in [5, 5.41) is 16.3. The Balaban J connectivity index is 1.38. The molecule has 1 aromatic heterocycles. The van der Waals surface area contributed by atoms with Crippen molar-refractivity contribution in [2.24, 2.45) is 5.10 Å². The van der Waals surface area contributed by atoms with Crippen LogP contribution in [0.25, 0.3) is 10.9 Å². The molecule has 1 saturated carbocycles. The number of ether oxygens (including phenoxy) is 1. The molecule has 0 amide bonds. The third kappa shape index (κ3) is 5.54. The average molecular weight is 517 g/mol. The second-order valence-electron chi connectivity index (χ2n) is 9.09. The van der Waals surface area contributed by atoms with Crippen LogP contribution in [0, 0.1) is 10.1 Å². The molecule has 9 heteroatoms. The number of nitrogens with zero attached hydrogens (tertiary/aromatic N) is 4. The van der Waals surface area contributed by atoms with Gasteiger partial charge in [-0.3, -0.25) is 14.9 Å². The number of fused-ring (bicyclic) bond motifs is 1. The van der Waals surface area contributed by atoms with Crippen LogP contribution < -0.4 is 10.3 Å². The van der Waals surface area contributed by atoms with Gasteiger partial charge in [-0.05, 0) is 66.4 Å². The molecule has 0 spiro atoms. The molecule has 0 unspecified atom stereocenters. The van der Waals surface area contributed by atoms with E-state index in [1.807, 2.05) is 18.2 Å². The van der Waals surface area contributed by atoms with Gasteiger partial charge in [0.15, 0.2) is 0 Å². The Labute approximate surface area is 218 Å². The van der Waals surface area contributed by atoms with Crippen LogP contribution in [0.5, 0.6) is 5.75 Å². The quantitative estimate of drug-likeness (QED) is 0.159. The standard InChI is InChI=1S/C28H25ClN4O4/c29-24-16-20(12-15-26(24)37-18-19-10-13-22(14-11-19)33(35)36)17-30-32-27(21-6-2-1-3-7-21)31-25-9-5-4-8-23(25)28(32)34/h4-5,8-17,21H,1-3,6-7,18H2. The van der Waals surface area contributed by atoms with Crippen molar-refractivity contribution in [1.29, 1.82) is 0 Å². The lowest BCUT2D eigenvalue weighted by Crippen LogP contribution is -2.25. The highest BCUT2D eigenvalue weighted by atomic mass is 35.5. The maximum absolute atomic E-state index is 13.3. The second kappa shape index (κ2) is 10.9. The molecule has 5 rings (SSSR count). The number of para-hydroxylation sites is 1. The fourth-order valence-corrected chi connectivity index (χ4v) is 4.83. The van der Waals surface area contributed by atoms with Crippen molar-refractivity contribution >= 4 is 34.4 Å². The van der Waals surface area contributed by atoms with Gasteiger partial charge < -0.3 is 4.74 Å². The van der Waals surface area contributed by atoms with Gasteiger partial charge in [0.1, 0.15) is 18.2 Å².